The zero-order chi connectivity index (χ0) is 12.8. The van der Waals surface area contributed by atoms with E-state index in [9.17, 15) is 15.0 Å². The second-order valence-corrected chi connectivity index (χ2v) is 3.19. The van der Waals surface area contributed by atoms with E-state index in [4.69, 9.17) is 5.53 Å². The number of benzene rings is 1. The molecule has 7 heteroatoms. The van der Waals surface area contributed by atoms with Gasteiger partial charge in [0, 0.05) is 10.6 Å². The molecule has 0 aromatic heterocycles. The van der Waals surface area contributed by atoms with Crippen LogP contribution >= 0.6 is 0 Å². The van der Waals surface area contributed by atoms with Crippen LogP contribution in [0.4, 0.5) is 5.69 Å². The number of methoxy groups -OCH3 is 1. The van der Waals surface area contributed by atoms with E-state index < -0.39 is 18.2 Å². The summed E-state index contributed by atoms with van der Waals surface area (Å²) >= 11 is 0. The van der Waals surface area contributed by atoms with Crippen molar-refractivity contribution in [1.82, 2.24) is 0 Å². The number of esters is 1. The van der Waals surface area contributed by atoms with Crippen molar-refractivity contribution in [3.63, 3.8) is 0 Å². The lowest BCUT2D eigenvalue weighted by Gasteiger charge is -2.15. The summed E-state index contributed by atoms with van der Waals surface area (Å²) in [4.78, 5) is 13.6. The fourth-order valence-corrected chi connectivity index (χ4v) is 1.22. The topological polar surface area (TPSA) is 116 Å². The Bertz CT molecular complexity index is 439. The van der Waals surface area contributed by atoms with E-state index in [-0.39, 0.29) is 0 Å². The lowest BCUT2D eigenvalue weighted by atomic mass is 10.0. The first-order chi connectivity index (χ1) is 8.10. The van der Waals surface area contributed by atoms with Gasteiger partial charge in [0.05, 0.1) is 7.11 Å². The number of nitrogens with zero attached hydrogens (tertiary/aromatic N) is 3. The van der Waals surface area contributed by atoms with E-state index in [1.165, 1.54) is 24.3 Å². The van der Waals surface area contributed by atoms with E-state index in [1.807, 2.05) is 0 Å². The van der Waals surface area contributed by atoms with Crippen molar-refractivity contribution >= 4 is 11.7 Å². The van der Waals surface area contributed by atoms with E-state index in [1.54, 1.807) is 0 Å². The van der Waals surface area contributed by atoms with Crippen LogP contribution in [0.1, 0.15) is 11.7 Å². The molecule has 2 atom stereocenters. The van der Waals surface area contributed by atoms with Gasteiger partial charge < -0.3 is 14.9 Å². The zero-order valence-electron chi connectivity index (χ0n) is 9.02. The molecule has 0 saturated heterocycles. The number of aliphatic hydroxyl groups excluding tert-OH is 2. The minimum Gasteiger partial charge on any atom is -0.467 e. The summed E-state index contributed by atoms with van der Waals surface area (Å²) in [6.07, 6.45) is -3.03. The van der Waals surface area contributed by atoms with E-state index in [2.05, 4.69) is 14.8 Å². The second-order valence-electron chi connectivity index (χ2n) is 3.19. The first-order valence-electron chi connectivity index (χ1n) is 4.69. The number of carbonyl (C=O) groups excluding carboxylic acids is 1. The molecule has 17 heavy (non-hydrogen) atoms. The summed E-state index contributed by atoms with van der Waals surface area (Å²) in [5.41, 5.74) is 8.89. The second kappa shape index (κ2) is 5.86. The molecule has 7 nitrogen and oxygen atoms in total. The molecule has 1 aromatic carbocycles. The van der Waals surface area contributed by atoms with Crippen LogP contribution in [0, 0.1) is 0 Å². The van der Waals surface area contributed by atoms with Crippen LogP contribution in [0.15, 0.2) is 29.4 Å². The van der Waals surface area contributed by atoms with Crippen molar-refractivity contribution in [3.05, 3.63) is 40.3 Å². The lowest BCUT2D eigenvalue weighted by molar-refractivity contribution is -0.156. The van der Waals surface area contributed by atoms with Gasteiger partial charge in [-0.3, -0.25) is 0 Å². The fraction of sp³-hybridized carbons (Fsp3) is 0.300. The molecule has 0 unspecified atom stereocenters. The molecular weight excluding hydrogens is 226 g/mol. The Labute approximate surface area is 96.9 Å². The number of carbonyl (C=O) groups is 1. The molecule has 0 aliphatic carbocycles. The number of hydrogen-bond donors (Lipinski definition) is 2. The van der Waals surface area contributed by atoms with Crippen LogP contribution in [-0.2, 0) is 9.53 Å². The van der Waals surface area contributed by atoms with E-state index >= 15 is 0 Å². The van der Waals surface area contributed by atoms with Crippen molar-refractivity contribution in [2.75, 3.05) is 7.11 Å². The van der Waals surface area contributed by atoms with Crippen LogP contribution in [0.5, 0.6) is 0 Å². The van der Waals surface area contributed by atoms with E-state index in [0.717, 1.165) is 7.11 Å². The number of azide groups is 1. The maximum Gasteiger partial charge on any atom is 0.337 e. The fourth-order valence-electron chi connectivity index (χ4n) is 1.22. The SMILES string of the molecule is COC(=O)[C@H](O)[C@@H](O)c1ccc(N=[N+]=[N-])cc1. The van der Waals surface area contributed by atoms with Crippen LogP contribution in [0.25, 0.3) is 10.4 Å². The standard InChI is InChI=1S/C10H11N3O4/c1-17-10(16)9(15)8(14)6-2-4-7(5-3-6)12-13-11/h2-5,8-9,14-15H,1H3/t8-,9+/m0/s1. The Morgan fingerprint density at radius 2 is 2.00 bits per heavy atom. The van der Waals surface area contributed by atoms with Gasteiger partial charge in [-0.2, -0.15) is 0 Å². The average Bonchev–Trinajstić information content (AvgIpc) is 2.37. The third-order valence-corrected chi connectivity index (χ3v) is 2.14. The Morgan fingerprint density at radius 1 is 1.41 bits per heavy atom. The minimum atomic E-state index is -1.65. The summed E-state index contributed by atoms with van der Waals surface area (Å²) in [6.45, 7) is 0. The molecule has 1 rings (SSSR count). The van der Waals surface area contributed by atoms with Gasteiger partial charge >= 0.3 is 5.97 Å². The summed E-state index contributed by atoms with van der Waals surface area (Å²) in [5.74, 6) is -0.920. The van der Waals surface area contributed by atoms with Crippen LogP contribution in [0.3, 0.4) is 0 Å². The van der Waals surface area contributed by atoms with Gasteiger partial charge in [0.1, 0.15) is 6.10 Å². The third kappa shape index (κ3) is 3.18. The highest BCUT2D eigenvalue weighted by molar-refractivity contribution is 5.75. The van der Waals surface area contributed by atoms with Gasteiger partial charge in [-0.05, 0) is 11.1 Å². The van der Waals surface area contributed by atoms with Gasteiger partial charge in [0.25, 0.3) is 0 Å². The molecule has 0 radical (unpaired) electrons. The lowest BCUT2D eigenvalue weighted by Crippen LogP contribution is -2.28. The number of rotatable bonds is 4. The molecule has 0 bridgehead atoms. The Hall–Kier alpha value is -2.08. The van der Waals surface area contributed by atoms with E-state index in [0.29, 0.717) is 11.3 Å². The molecule has 0 aliphatic rings. The van der Waals surface area contributed by atoms with Crippen LogP contribution in [0.2, 0.25) is 0 Å². The van der Waals surface area contributed by atoms with Crippen molar-refractivity contribution in [3.8, 4) is 0 Å². The quantitative estimate of drug-likeness (QED) is 0.354. The van der Waals surface area contributed by atoms with Gasteiger partial charge in [0.15, 0.2) is 6.10 Å². The molecule has 0 amide bonds. The van der Waals surface area contributed by atoms with Gasteiger partial charge in [0.2, 0.25) is 0 Å². The highest BCUT2D eigenvalue weighted by Crippen LogP contribution is 2.21. The molecule has 2 N–H and O–H groups in total. The molecular formula is C10H11N3O4. The number of aliphatic hydroxyl groups is 2. The predicted molar refractivity (Wildman–Crippen MR) is 58.2 cm³/mol. The summed E-state index contributed by atoms with van der Waals surface area (Å²) in [6, 6.07) is 5.81. The largest absolute Gasteiger partial charge is 0.467 e. The number of ether oxygens (including phenoxy) is 1. The molecule has 0 heterocycles. The van der Waals surface area contributed by atoms with Gasteiger partial charge in [-0.25, -0.2) is 4.79 Å². The highest BCUT2D eigenvalue weighted by Gasteiger charge is 2.26. The number of hydrogen-bond acceptors (Lipinski definition) is 5. The summed E-state index contributed by atoms with van der Waals surface area (Å²) in [5, 5.41) is 22.4. The normalized spacial score (nSPS) is 13.4. The molecule has 0 saturated carbocycles. The third-order valence-electron chi connectivity index (χ3n) is 2.14. The molecule has 0 aliphatic heterocycles. The summed E-state index contributed by atoms with van der Waals surface area (Å²) in [7, 11) is 1.11. The van der Waals surface area contributed by atoms with Gasteiger partial charge in [-0.1, -0.05) is 29.4 Å². The Kier molecular flexibility index (Phi) is 4.47. The van der Waals surface area contributed by atoms with Gasteiger partial charge in [-0.15, -0.1) is 0 Å². The Morgan fingerprint density at radius 3 is 2.47 bits per heavy atom. The molecule has 0 spiro atoms. The molecule has 1 aromatic rings. The maximum absolute atomic E-state index is 11.0. The average molecular weight is 237 g/mol. The molecule has 90 valence electrons. The monoisotopic (exact) mass is 237 g/mol. The van der Waals surface area contributed by atoms with Crippen LogP contribution < -0.4 is 0 Å². The smallest absolute Gasteiger partial charge is 0.337 e. The van der Waals surface area contributed by atoms with Crippen molar-refractivity contribution in [2.45, 2.75) is 12.2 Å². The zero-order valence-corrected chi connectivity index (χ0v) is 9.02. The predicted octanol–water partition coefficient (Wildman–Crippen LogP) is 1.20. The molecule has 0 fully saturated rings. The maximum atomic E-state index is 11.0. The van der Waals surface area contributed by atoms with Crippen molar-refractivity contribution in [2.24, 2.45) is 5.11 Å². The minimum absolute atomic E-state index is 0.319. The Balaban J connectivity index is 2.85. The summed E-state index contributed by atoms with van der Waals surface area (Å²) < 4.78 is 4.30. The van der Waals surface area contributed by atoms with Crippen LogP contribution in [-0.4, -0.2) is 29.4 Å². The first kappa shape index (κ1) is 13.0. The van der Waals surface area contributed by atoms with Crippen molar-refractivity contribution in [1.29, 1.82) is 0 Å². The highest BCUT2D eigenvalue weighted by atomic mass is 16.5. The van der Waals surface area contributed by atoms with Crippen molar-refractivity contribution < 1.29 is 19.7 Å². The first-order valence-corrected chi connectivity index (χ1v) is 4.69.